The fourth-order valence-corrected chi connectivity index (χ4v) is 1.45. The summed E-state index contributed by atoms with van der Waals surface area (Å²) in [6.07, 6.45) is 5.31. The van der Waals surface area contributed by atoms with E-state index in [1.165, 1.54) is 19.3 Å². The van der Waals surface area contributed by atoms with Gasteiger partial charge in [-0.05, 0) is 19.3 Å². The molecule has 0 radical (unpaired) electrons. The lowest BCUT2D eigenvalue weighted by Crippen LogP contribution is -2.36. The molecule has 1 aliphatic rings. The zero-order valence-electron chi connectivity index (χ0n) is 7.44. The van der Waals surface area contributed by atoms with Gasteiger partial charge in [-0.25, -0.2) is 0 Å². The van der Waals surface area contributed by atoms with Crippen LogP contribution in [0.25, 0.3) is 0 Å². The lowest BCUT2D eigenvalue weighted by Gasteiger charge is -2.15. The number of carbonyl (C=O) groups is 1. The standard InChI is InChI=1S/C9H17NO/c1-3-5-9(6-7-9)10-8(11)4-2/h3-7H2,1-2H3,(H,10,11). The smallest absolute Gasteiger partial charge is 0.220 e. The van der Waals surface area contributed by atoms with Crippen LogP contribution in [0.4, 0.5) is 0 Å². The zero-order valence-corrected chi connectivity index (χ0v) is 7.44. The topological polar surface area (TPSA) is 29.1 Å². The number of carbonyl (C=O) groups excluding carboxylic acids is 1. The lowest BCUT2D eigenvalue weighted by atomic mass is 10.1. The molecular formula is C9H17NO. The van der Waals surface area contributed by atoms with Gasteiger partial charge in [-0.2, -0.15) is 0 Å². The normalized spacial score (nSPS) is 19.5. The molecule has 1 aliphatic carbocycles. The van der Waals surface area contributed by atoms with E-state index in [0.29, 0.717) is 6.42 Å². The Morgan fingerprint density at radius 3 is 2.45 bits per heavy atom. The number of rotatable bonds is 4. The van der Waals surface area contributed by atoms with E-state index in [4.69, 9.17) is 0 Å². The molecule has 1 saturated carbocycles. The molecule has 0 atom stereocenters. The van der Waals surface area contributed by atoms with E-state index in [9.17, 15) is 4.79 Å². The second-order valence-electron chi connectivity index (χ2n) is 3.43. The molecule has 0 aliphatic heterocycles. The second kappa shape index (κ2) is 3.24. The molecule has 2 heteroatoms. The van der Waals surface area contributed by atoms with Crippen molar-refractivity contribution < 1.29 is 4.79 Å². The number of amides is 1. The maximum absolute atomic E-state index is 11.0. The van der Waals surface area contributed by atoms with Crippen LogP contribution in [0, 0.1) is 0 Å². The van der Waals surface area contributed by atoms with Crippen molar-refractivity contribution in [2.75, 3.05) is 0 Å². The monoisotopic (exact) mass is 155 g/mol. The molecule has 2 nitrogen and oxygen atoms in total. The van der Waals surface area contributed by atoms with Crippen LogP contribution < -0.4 is 5.32 Å². The predicted octanol–water partition coefficient (Wildman–Crippen LogP) is 1.85. The second-order valence-corrected chi connectivity index (χ2v) is 3.43. The Morgan fingerprint density at radius 1 is 1.45 bits per heavy atom. The fraction of sp³-hybridized carbons (Fsp3) is 0.889. The van der Waals surface area contributed by atoms with E-state index in [0.717, 1.165) is 6.42 Å². The minimum atomic E-state index is 0.205. The summed E-state index contributed by atoms with van der Waals surface area (Å²) >= 11 is 0. The summed E-state index contributed by atoms with van der Waals surface area (Å²) in [6, 6.07) is 0. The van der Waals surface area contributed by atoms with Crippen LogP contribution in [0.3, 0.4) is 0 Å². The molecule has 0 aromatic heterocycles. The molecule has 0 unspecified atom stereocenters. The van der Waals surface area contributed by atoms with Gasteiger partial charge in [0, 0.05) is 12.0 Å². The maximum Gasteiger partial charge on any atom is 0.220 e. The number of hydrogen-bond acceptors (Lipinski definition) is 1. The molecule has 11 heavy (non-hydrogen) atoms. The average Bonchev–Trinajstić information content (AvgIpc) is 2.70. The van der Waals surface area contributed by atoms with Gasteiger partial charge < -0.3 is 5.32 Å². The summed E-state index contributed by atoms with van der Waals surface area (Å²) in [4.78, 5) is 11.0. The molecule has 1 fully saturated rings. The first kappa shape index (κ1) is 8.57. The highest BCUT2D eigenvalue weighted by atomic mass is 16.1. The highest BCUT2D eigenvalue weighted by Gasteiger charge is 2.42. The summed E-state index contributed by atoms with van der Waals surface area (Å²) in [5.74, 6) is 0.205. The Balaban J connectivity index is 2.29. The molecule has 1 rings (SSSR count). The SMILES string of the molecule is CCCC1(NC(=O)CC)CC1. The Labute approximate surface area is 68.4 Å². The van der Waals surface area contributed by atoms with Crippen LogP contribution in [0.5, 0.6) is 0 Å². The van der Waals surface area contributed by atoms with Gasteiger partial charge in [0.05, 0.1) is 0 Å². The van der Waals surface area contributed by atoms with E-state index < -0.39 is 0 Å². The molecule has 64 valence electrons. The van der Waals surface area contributed by atoms with Gasteiger partial charge in [-0.1, -0.05) is 20.3 Å². The molecule has 0 spiro atoms. The predicted molar refractivity (Wildman–Crippen MR) is 45.3 cm³/mol. The maximum atomic E-state index is 11.0. The van der Waals surface area contributed by atoms with E-state index in [1.54, 1.807) is 0 Å². The fourth-order valence-electron chi connectivity index (χ4n) is 1.45. The highest BCUT2D eigenvalue weighted by Crippen LogP contribution is 2.39. The molecule has 0 heterocycles. The van der Waals surface area contributed by atoms with Crippen LogP contribution in [-0.2, 0) is 4.79 Å². The van der Waals surface area contributed by atoms with Gasteiger partial charge in [-0.15, -0.1) is 0 Å². The Morgan fingerprint density at radius 2 is 2.09 bits per heavy atom. The first-order valence-corrected chi connectivity index (χ1v) is 4.53. The first-order chi connectivity index (χ1) is 5.22. The minimum absolute atomic E-state index is 0.205. The lowest BCUT2D eigenvalue weighted by molar-refractivity contribution is -0.121. The Kier molecular flexibility index (Phi) is 2.53. The van der Waals surface area contributed by atoms with Gasteiger partial charge in [0.15, 0.2) is 0 Å². The zero-order chi connectivity index (χ0) is 8.32. The van der Waals surface area contributed by atoms with Crippen molar-refractivity contribution in [3.63, 3.8) is 0 Å². The summed E-state index contributed by atoms with van der Waals surface area (Å²) < 4.78 is 0. The van der Waals surface area contributed by atoms with Gasteiger partial charge in [0.2, 0.25) is 5.91 Å². The van der Waals surface area contributed by atoms with Crippen molar-refractivity contribution in [2.24, 2.45) is 0 Å². The van der Waals surface area contributed by atoms with Crippen molar-refractivity contribution in [1.29, 1.82) is 0 Å². The van der Waals surface area contributed by atoms with E-state index in [2.05, 4.69) is 12.2 Å². The molecule has 1 N–H and O–H groups in total. The van der Waals surface area contributed by atoms with Crippen molar-refractivity contribution in [2.45, 2.75) is 51.5 Å². The van der Waals surface area contributed by atoms with Crippen molar-refractivity contribution in [1.82, 2.24) is 5.32 Å². The van der Waals surface area contributed by atoms with E-state index in [-0.39, 0.29) is 11.4 Å². The van der Waals surface area contributed by atoms with Crippen LogP contribution in [0.15, 0.2) is 0 Å². The van der Waals surface area contributed by atoms with Crippen molar-refractivity contribution in [3.05, 3.63) is 0 Å². The summed E-state index contributed by atoms with van der Waals surface area (Å²) in [5, 5.41) is 3.08. The third kappa shape index (κ3) is 2.21. The Bertz CT molecular complexity index is 150. The van der Waals surface area contributed by atoms with Gasteiger partial charge in [-0.3, -0.25) is 4.79 Å². The van der Waals surface area contributed by atoms with Crippen molar-refractivity contribution in [3.8, 4) is 0 Å². The van der Waals surface area contributed by atoms with Crippen LogP contribution in [-0.4, -0.2) is 11.4 Å². The molecular weight excluding hydrogens is 138 g/mol. The molecule has 0 saturated heterocycles. The van der Waals surface area contributed by atoms with Crippen molar-refractivity contribution >= 4 is 5.91 Å². The largest absolute Gasteiger partial charge is 0.351 e. The quantitative estimate of drug-likeness (QED) is 0.659. The third-order valence-electron chi connectivity index (χ3n) is 2.31. The van der Waals surface area contributed by atoms with Crippen LogP contribution in [0.2, 0.25) is 0 Å². The third-order valence-corrected chi connectivity index (χ3v) is 2.31. The molecule has 0 aromatic carbocycles. The molecule has 0 bridgehead atoms. The highest BCUT2D eigenvalue weighted by molar-refractivity contribution is 5.76. The molecule has 0 aromatic rings. The van der Waals surface area contributed by atoms with Gasteiger partial charge in [0.1, 0.15) is 0 Å². The van der Waals surface area contributed by atoms with Crippen LogP contribution in [0.1, 0.15) is 46.0 Å². The minimum Gasteiger partial charge on any atom is -0.351 e. The average molecular weight is 155 g/mol. The molecule has 1 amide bonds. The van der Waals surface area contributed by atoms with E-state index >= 15 is 0 Å². The summed E-state index contributed by atoms with van der Waals surface area (Å²) in [7, 11) is 0. The van der Waals surface area contributed by atoms with E-state index in [1.807, 2.05) is 6.92 Å². The van der Waals surface area contributed by atoms with Crippen LogP contribution >= 0.6 is 0 Å². The first-order valence-electron chi connectivity index (χ1n) is 4.53. The number of hydrogen-bond donors (Lipinski definition) is 1. The number of nitrogens with one attached hydrogen (secondary N) is 1. The summed E-state index contributed by atoms with van der Waals surface area (Å²) in [5.41, 5.74) is 0.224. The summed E-state index contributed by atoms with van der Waals surface area (Å²) in [6.45, 7) is 4.07. The van der Waals surface area contributed by atoms with Gasteiger partial charge in [0.25, 0.3) is 0 Å². The Hall–Kier alpha value is -0.530. The van der Waals surface area contributed by atoms with Gasteiger partial charge >= 0.3 is 0 Å².